The molecule has 1 aromatic heterocycles. The van der Waals surface area contributed by atoms with Crippen molar-refractivity contribution in [2.75, 3.05) is 19.0 Å². The van der Waals surface area contributed by atoms with E-state index in [1.807, 2.05) is 31.2 Å². The molecule has 0 bridgehead atoms. The Morgan fingerprint density at radius 2 is 1.85 bits per heavy atom. The average molecular weight is 363 g/mol. The number of hydrogen-bond acceptors (Lipinski definition) is 5. The summed E-state index contributed by atoms with van der Waals surface area (Å²) in [5.41, 5.74) is 3.99. The maximum Gasteiger partial charge on any atom is 0.341 e. The van der Waals surface area contributed by atoms with E-state index in [-0.39, 0.29) is 12.5 Å². The number of carbonyl (C=O) groups excluding carboxylic acids is 2. The van der Waals surface area contributed by atoms with Gasteiger partial charge in [-0.1, -0.05) is 17.7 Å². The van der Waals surface area contributed by atoms with Gasteiger partial charge >= 0.3 is 5.97 Å². The van der Waals surface area contributed by atoms with Gasteiger partial charge in [-0.3, -0.25) is 9.78 Å². The maximum absolute atomic E-state index is 12.4. The molecule has 0 unspecified atom stereocenters. The molecule has 6 nitrogen and oxygen atoms in total. The van der Waals surface area contributed by atoms with E-state index in [9.17, 15) is 9.59 Å². The van der Waals surface area contributed by atoms with E-state index < -0.39 is 5.97 Å². The fourth-order valence-electron chi connectivity index (χ4n) is 2.76. The van der Waals surface area contributed by atoms with Crippen molar-refractivity contribution in [3.05, 3.63) is 65.4 Å². The zero-order valence-corrected chi connectivity index (χ0v) is 15.5. The van der Waals surface area contributed by atoms with E-state index in [1.54, 1.807) is 32.2 Å². The van der Waals surface area contributed by atoms with Crippen LogP contribution in [-0.4, -0.2) is 30.5 Å². The highest BCUT2D eigenvalue weighted by atomic mass is 16.5. The van der Waals surface area contributed by atoms with Gasteiger partial charge in [0.2, 0.25) is 0 Å². The number of hydrogen-bond donors (Lipinski definition) is 2. The first-order valence-electron chi connectivity index (χ1n) is 8.69. The Morgan fingerprint density at radius 1 is 1.11 bits per heavy atom. The van der Waals surface area contributed by atoms with E-state index in [0.717, 1.165) is 11.3 Å². The first-order chi connectivity index (χ1) is 13.0. The average Bonchev–Trinajstić information content (AvgIpc) is 2.69. The summed E-state index contributed by atoms with van der Waals surface area (Å²) in [6.45, 7) is 4.02. The lowest BCUT2D eigenvalue weighted by Gasteiger charge is -2.15. The van der Waals surface area contributed by atoms with E-state index in [2.05, 4.69) is 15.6 Å². The minimum absolute atomic E-state index is 0.209. The number of esters is 1. The fraction of sp³-hybridized carbons (Fsp3) is 0.190. The molecule has 138 valence electrons. The summed E-state index contributed by atoms with van der Waals surface area (Å²) in [7, 11) is 1.57. The van der Waals surface area contributed by atoms with E-state index in [4.69, 9.17) is 4.74 Å². The number of ether oxygens (including phenoxy) is 1. The third-order valence-electron chi connectivity index (χ3n) is 4.17. The summed E-state index contributed by atoms with van der Waals surface area (Å²) in [6.07, 6.45) is 1.50. The van der Waals surface area contributed by atoms with Gasteiger partial charge in [-0.15, -0.1) is 0 Å². The van der Waals surface area contributed by atoms with Gasteiger partial charge in [0.05, 0.1) is 17.8 Å². The van der Waals surface area contributed by atoms with Crippen molar-refractivity contribution in [1.82, 2.24) is 10.3 Å². The number of amides is 1. The summed E-state index contributed by atoms with van der Waals surface area (Å²) in [5, 5.41) is 6.57. The number of aromatic nitrogens is 1. The third kappa shape index (κ3) is 3.89. The quantitative estimate of drug-likeness (QED) is 0.674. The molecular weight excluding hydrogens is 342 g/mol. The van der Waals surface area contributed by atoms with Crippen LogP contribution in [0.1, 0.15) is 33.2 Å². The molecular formula is C21H21N3O3. The summed E-state index contributed by atoms with van der Waals surface area (Å²) >= 11 is 0. The molecule has 3 aromatic rings. The van der Waals surface area contributed by atoms with Gasteiger partial charge in [0.1, 0.15) is 5.56 Å². The van der Waals surface area contributed by atoms with Crippen LogP contribution in [0.25, 0.3) is 10.9 Å². The number of anilines is 2. The van der Waals surface area contributed by atoms with Gasteiger partial charge in [0, 0.05) is 29.9 Å². The lowest BCUT2D eigenvalue weighted by atomic mass is 10.1. The summed E-state index contributed by atoms with van der Waals surface area (Å²) in [4.78, 5) is 28.8. The largest absolute Gasteiger partial charge is 0.462 e. The number of nitrogens with one attached hydrogen (secondary N) is 2. The third-order valence-corrected chi connectivity index (χ3v) is 4.17. The molecule has 0 aliphatic rings. The molecule has 2 aromatic carbocycles. The number of fused-ring (bicyclic) bond motifs is 1. The second kappa shape index (κ2) is 7.86. The van der Waals surface area contributed by atoms with Gasteiger partial charge in [0.25, 0.3) is 5.91 Å². The summed E-state index contributed by atoms with van der Waals surface area (Å²) in [5.74, 6) is -0.674. The fourth-order valence-corrected chi connectivity index (χ4v) is 2.76. The number of benzene rings is 2. The van der Waals surface area contributed by atoms with Crippen LogP contribution < -0.4 is 10.6 Å². The van der Waals surface area contributed by atoms with Crippen LogP contribution in [0.15, 0.2) is 48.7 Å². The van der Waals surface area contributed by atoms with Crippen LogP contribution >= 0.6 is 0 Å². The minimum Gasteiger partial charge on any atom is -0.462 e. The second-order valence-electron chi connectivity index (χ2n) is 6.07. The Hall–Kier alpha value is -3.41. The predicted octanol–water partition coefficient (Wildman–Crippen LogP) is 3.82. The zero-order chi connectivity index (χ0) is 19.4. The standard InChI is InChI=1S/C21H21N3O3/c1-4-27-21(26)17-12-23-18-10-7-14(20(25)22-3)11-16(18)19(17)24-15-8-5-13(2)6-9-15/h5-12H,4H2,1-3H3,(H,22,25)(H,23,24). The smallest absolute Gasteiger partial charge is 0.341 e. The lowest BCUT2D eigenvalue weighted by molar-refractivity contribution is 0.0527. The zero-order valence-electron chi connectivity index (χ0n) is 15.5. The molecule has 0 fully saturated rings. The highest BCUT2D eigenvalue weighted by Gasteiger charge is 2.18. The van der Waals surface area contributed by atoms with Crippen molar-refractivity contribution in [2.45, 2.75) is 13.8 Å². The molecule has 0 saturated carbocycles. The Kier molecular flexibility index (Phi) is 5.35. The Morgan fingerprint density at radius 3 is 2.52 bits per heavy atom. The molecule has 0 atom stereocenters. The molecule has 1 heterocycles. The second-order valence-corrected chi connectivity index (χ2v) is 6.07. The summed E-state index contributed by atoms with van der Waals surface area (Å²) < 4.78 is 5.17. The van der Waals surface area contributed by atoms with Crippen LogP contribution in [0, 0.1) is 6.92 Å². The number of aryl methyl sites for hydroxylation is 1. The van der Waals surface area contributed by atoms with Crippen molar-refractivity contribution in [3.63, 3.8) is 0 Å². The van der Waals surface area contributed by atoms with Crippen molar-refractivity contribution in [2.24, 2.45) is 0 Å². The molecule has 27 heavy (non-hydrogen) atoms. The molecule has 2 N–H and O–H groups in total. The van der Waals surface area contributed by atoms with Crippen LogP contribution in [0.5, 0.6) is 0 Å². The molecule has 0 saturated heterocycles. The SMILES string of the molecule is CCOC(=O)c1cnc2ccc(C(=O)NC)cc2c1Nc1ccc(C)cc1. The first kappa shape index (κ1) is 18.4. The topological polar surface area (TPSA) is 80.3 Å². The summed E-state index contributed by atoms with van der Waals surface area (Å²) in [6, 6.07) is 13.0. The highest BCUT2D eigenvalue weighted by molar-refractivity contribution is 6.08. The van der Waals surface area contributed by atoms with Crippen LogP contribution in [0.3, 0.4) is 0 Å². The first-order valence-corrected chi connectivity index (χ1v) is 8.69. The van der Waals surface area contributed by atoms with Gasteiger partial charge in [0.15, 0.2) is 0 Å². The Balaban J connectivity index is 2.19. The van der Waals surface area contributed by atoms with Gasteiger partial charge < -0.3 is 15.4 Å². The predicted molar refractivity (Wildman–Crippen MR) is 106 cm³/mol. The van der Waals surface area contributed by atoms with Crippen molar-refractivity contribution in [1.29, 1.82) is 0 Å². The molecule has 6 heteroatoms. The minimum atomic E-state index is -0.466. The number of pyridine rings is 1. The van der Waals surface area contributed by atoms with Gasteiger partial charge in [-0.2, -0.15) is 0 Å². The molecule has 1 amide bonds. The molecule has 0 aliphatic heterocycles. The van der Waals surface area contributed by atoms with Crippen LogP contribution in [0.4, 0.5) is 11.4 Å². The lowest BCUT2D eigenvalue weighted by Crippen LogP contribution is -2.17. The maximum atomic E-state index is 12.4. The van der Waals surface area contributed by atoms with Crippen LogP contribution in [0.2, 0.25) is 0 Å². The molecule has 3 rings (SSSR count). The number of carbonyl (C=O) groups is 2. The van der Waals surface area contributed by atoms with E-state index >= 15 is 0 Å². The van der Waals surface area contributed by atoms with Crippen LogP contribution in [-0.2, 0) is 4.74 Å². The Bertz CT molecular complexity index is 997. The Labute approximate surface area is 157 Å². The molecule has 0 aliphatic carbocycles. The van der Waals surface area contributed by atoms with Crippen molar-refractivity contribution < 1.29 is 14.3 Å². The van der Waals surface area contributed by atoms with Crippen molar-refractivity contribution in [3.8, 4) is 0 Å². The number of nitrogens with zero attached hydrogens (tertiary/aromatic N) is 1. The van der Waals surface area contributed by atoms with E-state index in [0.29, 0.717) is 27.7 Å². The van der Waals surface area contributed by atoms with Gasteiger partial charge in [-0.25, -0.2) is 4.79 Å². The number of rotatable bonds is 5. The van der Waals surface area contributed by atoms with Crippen molar-refractivity contribution >= 4 is 34.2 Å². The molecule has 0 radical (unpaired) electrons. The monoisotopic (exact) mass is 363 g/mol. The highest BCUT2D eigenvalue weighted by Crippen LogP contribution is 2.30. The molecule has 0 spiro atoms. The normalized spacial score (nSPS) is 10.5. The van der Waals surface area contributed by atoms with E-state index in [1.165, 1.54) is 6.20 Å². The van der Waals surface area contributed by atoms with Gasteiger partial charge in [-0.05, 0) is 44.2 Å².